The van der Waals surface area contributed by atoms with E-state index >= 15 is 0 Å². The second kappa shape index (κ2) is 9.15. The first-order valence-electron chi connectivity index (χ1n) is 8.66. The molecule has 1 aromatic rings. The molecular formula is C17H27N3O4S. The Bertz CT molecular complexity index is 672. The van der Waals surface area contributed by atoms with Crippen molar-refractivity contribution in [2.45, 2.75) is 57.2 Å². The maximum absolute atomic E-state index is 12.0. The van der Waals surface area contributed by atoms with Gasteiger partial charge in [0.1, 0.15) is 15.9 Å². The monoisotopic (exact) mass is 369 g/mol. The summed E-state index contributed by atoms with van der Waals surface area (Å²) in [5.41, 5.74) is 6.59. The third-order valence-electron chi connectivity index (χ3n) is 4.24. The number of ether oxygens (including phenoxy) is 1. The van der Waals surface area contributed by atoms with Crippen LogP contribution in [0.15, 0.2) is 18.3 Å². The van der Waals surface area contributed by atoms with Crippen molar-refractivity contribution in [3.63, 3.8) is 0 Å². The van der Waals surface area contributed by atoms with Crippen LogP contribution in [0.1, 0.15) is 44.1 Å². The van der Waals surface area contributed by atoms with E-state index in [0.717, 1.165) is 24.7 Å². The summed E-state index contributed by atoms with van der Waals surface area (Å²) in [7, 11) is -3.12. The van der Waals surface area contributed by atoms with E-state index in [0.29, 0.717) is 12.4 Å². The lowest BCUT2D eigenvalue weighted by molar-refractivity contribution is -0.122. The number of nitrogens with zero attached hydrogens (tertiary/aromatic N) is 1. The molecular weight excluding hydrogens is 342 g/mol. The van der Waals surface area contributed by atoms with E-state index < -0.39 is 15.9 Å². The van der Waals surface area contributed by atoms with Crippen LogP contribution in [-0.4, -0.2) is 43.5 Å². The number of sulfone groups is 1. The average Bonchev–Trinajstić information content (AvgIpc) is 2.58. The molecule has 8 heteroatoms. The zero-order chi connectivity index (χ0) is 18.3. The first-order chi connectivity index (χ1) is 11.8. The van der Waals surface area contributed by atoms with Crippen molar-refractivity contribution in [2.24, 2.45) is 5.73 Å². The van der Waals surface area contributed by atoms with E-state index in [1.165, 1.54) is 19.3 Å². The van der Waals surface area contributed by atoms with Crippen LogP contribution in [0, 0.1) is 0 Å². The third kappa shape index (κ3) is 7.39. The molecule has 0 bridgehead atoms. The number of amides is 1. The predicted octanol–water partition coefficient (Wildman–Crippen LogP) is 1.17. The van der Waals surface area contributed by atoms with Gasteiger partial charge in [-0.3, -0.25) is 4.79 Å². The molecule has 0 aromatic carbocycles. The standard InChI is InChI=1S/C17H27N3O4S/c1-25(22,23)10-8-15(18)17(21)20-12-13-7-9-19-16(11-13)24-14-5-3-2-4-6-14/h7,9,11,14-15H,2-6,8,10,12,18H2,1H3,(H,20,21). The Kier molecular flexibility index (Phi) is 7.19. The van der Waals surface area contributed by atoms with Crippen LogP contribution in [0.3, 0.4) is 0 Å². The number of nitrogens with one attached hydrogen (secondary N) is 1. The highest BCUT2D eigenvalue weighted by Gasteiger charge is 2.17. The van der Waals surface area contributed by atoms with Crippen molar-refractivity contribution < 1.29 is 17.9 Å². The van der Waals surface area contributed by atoms with Gasteiger partial charge in [0.25, 0.3) is 0 Å². The van der Waals surface area contributed by atoms with E-state index in [4.69, 9.17) is 10.5 Å². The minimum Gasteiger partial charge on any atom is -0.474 e. The summed E-state index contributed by atoms with van der Waals surface area (Å²) < 4.78 is 28.2. The van der Waals surface area contributed by atoms with Gasteiger partial charge in [-0.25, -0.2) is 13.4 Å². The maximum atomic E-state index is 12.0. The van der Waals surface area contributed by atoms with E-state index in [2.05, 4.69) is 10.3 Å². The summed E-state index contributed by atoms with van der Waals surface area (Å²) in [4.78, 5) is 16.2. The molecule has 0 radical (unpaired) electrons. The number of pyridine rings is 1. The second-order valence-corrected chi connectivity index (χ2v) is 8.88. The summed E-state index contributed by atoms with van der Waals surface area (Å²) in [6, 6.07) is 2.78. The number of carbonyl (C=O) groups excluding carboxylic acids is 1. The highest BCUT2D eigenvalue weighted by atomic mass is 32.2. The van der Waals surface area contributed by atoms with Crippen LogP contribution in [0.4, 0.5) is 0 Å². The molecule has 1 saturated carbocycles. The summed E-state index contributed by atoms with van der Waals surface area (Å²) >= 11 is 0. The van der Waals surface area contributed by atoms with E-state index in [1.807, 2.05) is 6.07 Å². The molecule has 1 aromatic heterocycles. The molecule has 1 atom stereocenters. The Hall–Kier alpha value is -1.67. The SMILES string of the molecule is CS(=O)(=O)CCC(N)C(=O)NCc1ccnc(OC2CCCCC2)c1. The quantitative estimate of drug-likeness (QED) is 0.711. The summed E-state index contributed by atoms with van der Waals surface area (Å²) in [6.07, 6.45) is 8.85. The van der Waals surface area contributed by atoms with Gasteiger partial charge in [0.15, 0.2) is 0 Å². The summed E-state index contributed by atoms with van der Waals surface area (Å²) in [6.45, 7) is 0.301. The zero-order valence-corrected chi connectivity index (χ0v) is 15.4. The van der Waals surface area contributed by atoms with E-state index in [9.17, 15) is 13.2 Å². The van der Waals surface area contributed by atoms with Gasteiger partial charge in [0.2, 0.25) is 11.8 Å². The Balaban J connectivity index is 1.81. The Morgan fingerprint density at radius 1 is 1.40 bits per heavy atom. The average molecular weight is 369 g/mol. The van der Waals surface area contributed by atoms with Gasteiger partial charge in [-0.05, 0) is 43.7 Å². The van der Waals surface area contributed by atoms with E-state index in [-0.39, 0.29) is 24.2 Å². The van der Waals surface area contributed by atoms with Crippen molar-refractivity contribution in [1.29, 1.82) is 0 Å². The van der Waals surface area contributed by atoms with Gasteiger partial charge < -0.3 is 15.8 Å². The fourth-order valence-electron chi connectivity index (χ4n) is 2.77. The smallest absolute Gasteiger partial charge is 0.237 e. The van der Waals surface area contributed by atoms with Crippen molar-refractivity contribution in [3.05, 3.63) is 23.9 Å². The van der Waals surface area contributed by atoms with Crippen molar-refractivity contribution in [2.75, 3.05) is 12.0 Å². The van der Waals surface area contributed by atoms with Crippen molar-refractivity contribution in [1.82, 2.24) is 10.3 Å². The molecule has 140 valence electrons. The van der Waals surface area contributed by atoms with Gasteiger partial charge >= 0.3 is 0 Å². The molecule has 1 fully saturated rings. The molecule has 1 aliphatic carbocycles. The highest BCUT2D eigenvalue weighted by Crippen LogP contribution is 2.22. The largest absolute Gasteiger partial charge is 0.474 e. The maximum Gasteiger partial charge on any atom is 0.237 e. The lowest BCUT2D eigenvalue weighted by Gasteiger charge is -2.22. The molecule has 1 aliphatic rings. The molecule has 0 saturated heterocycles. The predicted molar refractivity (Wildman–Crippen MR) is 95.9 cm³/mol. The highest BCUT2D eigenvalue weighted by molar-refractivity contribution is 7.90. The van der Waals surface area contributed by atoms with Crippen LogP contribution < -0.4 is 15.8 Å². The Morgan fingerprint density at radius 2 is 2.12 bits per heavy atom. The van der Waals surface area contributed by atoms with Crippen molar-refractivity contribution in [3.8, 4) is 5.88 Å². The fraction of sp³-hybridized carbons (Fsp3) is 0.647. The van der Waals surface area contributed by atoms with Crippen LogP contribution in [0.5, 0.6) is 5.88 Å². The topological polar surface area (TPSA) is 111 Å². The van der Waals surface area contributed by atoms with E-state index in [1.54, 1.807) is 12.3 Å². The van der Waals surface area contributed by atoms with Gasteiger partial charge in [0.05, 0.1) is 11.8 Å². The molecule has 25 heavy (non-hydrogen) atoms. The Labute approximate surface area is 149 Å². The zero-order valence-electron chi connectivity index (χ0n) is 14.6. The number of carbonyl (C=O) groups is 1. The summed E-state index contributed by atoms with van der Waals surface area (Å²) in [5.74, 6) is 0.103. The second-order valence-electron chi connectivity index (χ2n) is 6.62. The number of hydrogen-bond acceptors (Lipinski definition) is 6. The lowest BCUT2D eigenvalue weighted by Crippen LogP contribution is -2.41. The fourth-order valence-corrected chi connectivity index (χ4v) is 3.45. The van der Waals surface area contributed by atoms with Crippen molar-refractivity contribution >= 4 is 15.7 Å². The first kappa shape index (κ1) is 19.7. The molecule has 0 aliphatic heterocycles. The molecule has 1 heterocycles. The Morgan fingerprint density at radius 3 is 2.80 bits per heavy atom. The molecule has 1 amide bonds. The molecule has 3 N–H and O–H groups in total. The minimum absolute atomic E-state index is 0.101. The van der Waals surface area contributed by atoms with Gasteiger partial charge in [-0.1, -0.05) is 6.42 Å². The lowest BCUT2D eigenvalue weighted by atomic mass is 9.98. The number of rotatable bonds is 8. The minimum atomic E-state index is -3.12. The first-order valence-corrected chi connectivity index (χ1v) is 10.7. The van der Waals surface area contributed by atoms with Crippen LogP contribution in [-0.2, 0) is 21.2 Å². The number of nitrogens with two attached hydrogens (primary N) is 1. The van der Waals surface area contributed by atoms with Gasteiger partial charge in [-0.15, -0.1) is 0 Å². The third-order valence-corrected chi connectivity index (χ3v) is 5.22. The van der Waals surface area contributed by atoms with Crippen LogP contribution in [0.2, 0.25) is 0 Å². The van der Waals surface area contributed by atoms with Crippen LogP contribution in [0.25, 0.3) is 0 Å². The molecule has 2 rings (SSSR count). The number of hydrogen-bond donors (Lipinski definition) is 2. The summed E-state index contributed by atoms with van der Waals surface area (Å²) in [5, 5.41) is 2.72. The molecule has 7 nitrogen and oxygen atoms in total. The normalized spacial score (nSPS) is 17.0. The molecule has 0 spiro atoms. The van der Waals surface area contributed by atoms with Gasteiger partial charge in [-0.2, -0.15) is 0 Å². The number of aromatic nitrogens is 1. The van der Waals surface area contributed by atoms with Gasteiger partial charge in [0, 0.05) is 25.1 Å². The van der Waals surface area contributed by atoms with Crippen LogP contribution >= 0.6 is 0 Å². The molecule has 1 unspecified atom stereocenters.